The lowest BCUT2D eigenvalue weighted by Crippen LogP contribution is -2.16. The van der Waals surface area contributed by atoms with Crippen molar-refractivity contribution in [2.45, 2.75) is 25.7 Å². The summed E-state index contributed by atoms with van der Waals surface area (Å²) in [6.07, 6.45) is 0. The molecule has 0 saturated heterocycles. The molecule has 0 saturated carbocycles. The summed E-state index contributed by atoms with van der Waals surface area (Å²) in [6, 6.07) is 10.6. The smallest absolute Gasteiger partial charge is 0.266 e. The first-order chi connectivity index (χ1) is 12.9. The lowest BCUT2D eigenvalue weighted by atomic mass is 10.3. The van der Waals surface area contributed by atoms with Gasteiger partial charge in [-0.15, -0.1) is 10.2 Å². The minimum absolute atomic E-state index is 0.112. The number of aromatic nitrogens is 4. The summed E-state index contributed by atoms with van der Waals surface area (Å²) in [7, 11) is -3.79. The van der Waals surface area contributed by atoms with Crippen molar-refractivity contribution in [2.24, 2.45) is 0 Å². The van der Waals surface area contributed by atoms with E-state index < -0.39 is 10.0 Å². The van der Waals surface area contributed by atoms with Crippen LogP contribution in [0.15, 0.2) is 41.3 Å². The Morgan fingerprint density at radius 3 is 2.26 bits per heavy atom. The standard InChI is InChI=1S/C17H20N6O3S/c1-4-26-14-7-5-13(6-8-14)18-15-9-10-16(22-21-15)23-27(24,25)17-11(2)19-20-12(17)3/h5-10H,4H2,1-3H3,(H,18,21)(H,19,20)(H,22,23). The summed E-state index contributed by atoms with van der Waals surface area (Å²) in [4.78, 5) is 0.112. The number of hydrogen-bond donors (Lipinski definition) is 3. The lowest BCUT2D eigenvalue weighted by Gasteiger charge is -2.09. The SMILES string of the molecule is CCOc1ccc(Nc2ccc(NS(=O)(=O)c3c(C)n[nH]c3C)nn2)cc1. The van der Waals surface area contributed by atoms with Gasteiger partial charge in [-0.05, 0) is 57.2 Å². The molecule has 0 amide bonds. The van der Waals surface area contributed by atoms with Gasteiger partial charge in [-0.3, -0.25) is 9.82 Å². The molecule has 0 spiro atoms. The maximum absolute atomic E-state index is 12.5. The minimum Gasteiger partial charge on any atom is -0.494 e. The zero-order valence-electron chi connectivity index (χ0n) is 15.1. The molecule has 0 atom stereocenters. The van der Waals surface area contributed by atoms with Crippen LogP contribution >= 0.6 is 0 Å². The van der Waals surface area contributed by atoms with Gasteiger partial charge in [0.1, 0.15) is 10.6 Å². The number of sulfonamides is 1. The second kappa shape index (κ2) is 7.62. The molecule has 0 bridgehead atoms. The first-order valence-corrected chi connectivity index (χ1v) is 9.75. The summed E-state index contributed by atoms with van der Waals surface area (Å²) in [5, 5.41) is 17.6. The third-order valence-corrected chi connectivity index (χ3v) is 5.29. The highest BCUT2D eigenvalue weighted by molar-refractivity contribution is 7.92. The minimum atomic E-state index is -3.79. The van der Waals surface area contributed by atoms with Gasteiger partial charge in [-0.25, -0.2) is 8.42 Å². The predicted octanol–water partition coefficient (Wildman–Crippen LogP) is 2.76. The van der Waals surface area contributed by atoms with Crippen LogP contribution in [0.2, 0.25) is 0 Å². The van der Waals surface area contributed by atoms with E-state index in [0.29, 0.717) is 23.8 Å². The maximum Gasteiger partial charge on any atom is 0.266 e. The van der Waals surface area contributed by atoms with Gasteiger partial charge in [0.25, 0.3) is 10.0 Å². The molecule has 2 heterocycles. The van der Waals surface area contributed by atoms with Gasteiger partial charge in [0.15, 0.2) is 11.6 Å². The summed E-state index contributed by atoms with van der Waals surface area (Å²) >= 11 is 0. The van der Waals surface area contributed by atoms with E-state index in [1.54, 1.807) is 19.9 Å². The van der Waals surface area contributed by atoms with Crippen molar-refractivity contribution < 1.29 is 13.2 Å². The first kappa shape index (κ1) is 18.6. The van der Waals surface area contributed by atoms with E-state index in [4.69, 9.17) is 4.74 Å². The molecule has 0 fully saturated rings. The van der Waals surface area contributed by atoms with Crippen LogP contribution in [0.3, 0.4) is 0 Å². The lowest BCUT2D eigenvalue weighted by molar-refractivity contribution is 0.340. The van der Waals surface area contributed by atoms with E-state index >= 15 is 0 Å². The number of nitrogens with zero attached hydrogens (tertiary/aromatic N) is 3. The zero-order chi connectivity index (χ0) is 19.4. The molecule has 27 heavy (non-hydrogen) atoms. The second-order valence-electron chi connectivity index (χ2n) is 5.75. The van der Waals surface area contributed by atoms with Crippen molar-refractivity contribution in [2.75, 3.05) is 16.6 Å². The van der Waals surface area contributed by atoms with E-state index in [2.05, 4.69) is 30.4 Å². The fourth-order valence-electron chi connectivity index (χ4n) is 2.53. The number of H-pyrrole nitrogens is 1. The molecule has 10 heteroatoms. The summed E-state index contributed by atoms with van der Waals surface area (Å²) < 4.78 is 32.8. The fraction of sp³-hybridized carbons (Fsp3) is 0.235. The molecule has 0 aliphatic heterocycles. The Morgan fingerprint density at radius 2 is 1.70 bits per heavy atom. The summed E-state index contributed by atoms with van der Waals surface area (Å²) in [5.41, 5.74) is 1.66. The van der Waals surface area contributed by atoms with Crippen molar-refractivity contribution in [1.29, 1.82) is 0 Å². The molecule has 142 valence electrons. The van der Waals surface area contributed by atoms with E-state index in [1.807, 2.05) is 31.2 Å². The number of aromatic amines is 1. The van der Waals surface area contributed by atoms with Gasteiger partial charge in [-0.1, -0.05) is 0 Å². The number of rotatable bonds is 7. The highest BCUT2D eigenvalue weighted by atomic mass is 32.2. The van der Waals surface area contributed by atoms with Gasteiger partial charge < -0.3 is 10.1 Å². The molecule has 9 nitrogen and oxygen atoms in total. The molecule has 3 N–H and O–H groups in total. The molecular weight excluding hydrogens is 368 g/mol. The molecule has 0 radical (unpaired) electrons. The van der Waals surface area contributed by atoms with Gasteiger partial charge in [0, 0.05) is 5.69 Å². The molecule has 0 aliphatic carbocycles. The third kappa shape index (κ3) is 4.34. The Balaban J connectivity index is 1.70. The molecule has 0 aliphatic rings. The molecule has 2 aromatic heterocycles. The number of benzene rings is 1. The van der Waals surface area contributed by atoms with Crippen LogP contribution in [0.25, 0.3) is 0 Å². The molecule has 3 rings (SSSR count). The van der Waals surface area contributed by atoms with E-state index in [1.165, 1.54) is 6.07 Å². The fourth-order valence-corrected chi connectivity index (χ4v) is 3.90. The predicted molar refractivity (Wildman–Crippen MR) is 102 cm³/mol. The molecular formula is C17H20N6O3S. The Bertz CT molecular complexity index is 994. The van der Waals surface area contributed by atoms with Gasteiger partial charge in [0.05, 0.1) is 18.0 Å². The van der Waals surface area contributed by atoms with Crippen LogP contribution in [0.4, 0.5) is 17.3 Å². The van der Waals surface area contributed by atoms with Gasteiger partial charge >= 0.3 is 0 Å². The van der Waals surface area contributed by atoms with Crippen LogP contribution < -0.4 is 14.8 Å². The summed E-state index contributed by atoms with van der Waals surface area (Å²) in [5.74, 6) is 1.38. The van der Waals surface area contributed by atoms with Crippen molar-refractivity contribution in [1.82, 2.24) is 20.4 Å². The zero-order valence-corrected chi connectivity index (χ0v) is 16.0. The van der Waals surface area contributed by atoms with Crippen LogP contribution in [-0.4, -0.2) is 35.4 Å². The number of hydrogen-bond acceptors (Lipinski definition) is 7. The quantitative estimate of drug-likeness (QED) is 0.569. The highest BCUT2D eigenvalue weighted by Gasteiger charge is 2.22. The van der Waals surface area contributed by atoms with Crippen molar-refractivity contribution in [3.8, 4) is 5.75 Å². The molecule has 0 unspecified atom stereocenters. The largest absolute Gasteiger partial charge is 0.494 e. The molecule has 1 aromatic carbocycles. The normalized spacial score (nSPS) is 11.2. The number of ether oxygens (including phenoxy) is 1. The second-order valence-corrected chi connectivity index (χ2v) is 7.37. The van der Waals surface area contributed by atoms with Gasteiger partial charge in [0.2, 0.25) is 0 Å². The Kier molecular flexibility index (Phi) is 5.26. The average Bonchev–Trinajstić information content (AvgIpc) is 2.98. The van der Waals surface area contributed by atoms with Crippen LogP contribution in [0.5, 0.6) is 5.75 Å². The maximum atomic E-state index is 12.5. The number of anilines is 3. The average molecular weight is 388 g/mol. The van der Waals surface area contributed by atoms with Crippen LogP contribution in [0, 0.1) is 13.8 Å². The number of aryl methyl sites for hydroxylation is 2. The van der Waals surface area contributed by atoms with Crippen LogP contribution in [0.1, 0.15) is 18.3 Å². The highest BCUT2D eigenvalue weighted by Crippen LogP contribution is 2.21. The van der Waals surface area contributed by atoms with Crippen molar-refractivity contribution >= 4 is 27.3 Å². The molecule has 3 aromatic rings. The van der Waals surface area contributed by atoms with E-state index in [-0.39, 0.29) is 10.7 Å². The van der Waals surface area contributed by atoms with Crippen molar-refractivity contribution in [3.05, 3.63) is 47.8 Å². The third-order valence-electron chi connectivity index (χ3n) is 3.67. The monoisotopic (exact) mass is 388 g/mol. The van der Waals surface area contributed by atoms with Crippen LogP contribution in [-0.2, 0) is 10.0 Å². The first-order valence-electron chi connectivity index (χ1n) is 8.27. The van der Waals surface area contributed by atoms with E-state index in [0.717, 1.165) is 11.4 Å². The number of nitrogens with one attached hydrogen (secondary N) is 3. The Morgan fingerprint density at radius 1 is 1.04 bits per heavy atom. The Labute approximate surface area is 157 Å². The summed E-state index contributed by atoms with van der Waals surface area (Å²) in [6.45, 7) is 5.79. The van der Waals surface area contributed by atoms with Crippen molar-refractivity contribution in [3.63, 3.8) is 0 Å². The topological polar surface area (TPSA) is 122 Å². The Hall–Kier alpha value is -3.14. The van der Waals surface area contributed by atoms with Gasteiger partial charge in [-0.2, -0.15) is 5.10 Å². The van der Waals surface area contributed by atoms with E-state index in [9.17, 15) is 8.42 Å².